The van der Waals surface area contributed by atoms with Gasteiger partial charge < -0.3 is 20.5 Å². The number of hydrogen-bond acceptors (Lipinski definition) is 7. The van der Waals surface area contributed by atoms with Crippen LogP contribution < -0.4 is 20.8 Å². The van der Waals surface area contributed by atoms with Crippen LogP contribution in [-0.2, 0) is 6.54 Å². The Kier molecular flexibility index (Phi) is 4.51. The van der Waals surface area contributed by atoms with Gasteiger partial charge in [0.1, 0.15) is 24.6 Å². The first kappa shape index (κ1) is 16.8. The smallest absolute Gasteiger partial charge is 0.223 e. The van der Waals surface area contributed by atoms with Crippen molar-refractivity contribution in [1.82, 2.24) is 15.0 Å². The number of aliphatic hydroxyl groups is 1. The van der Waals surface area contributed by atoms with Gasteiger partial charge in [0.25, 0.3) is 0 Å². The van der Waals surface area contributed by atoms with Crippen LogP contribution in [0.1, 0.15) is 22.7 Å². The summed E-state index contributed by atoms with van der Waals surface area (Å²) in [7, 11) is 7.45. The minimum atomic E-state index is -0.163. The Morgan fingerprint density at radius 3 is 2.92 bits per heavy atom. The minimum Gasteiger partial charge on any atom is -0.497 e. The molecule has 0 saturated heterocycles. The van der Waals surface area contributed by atoms with E-state index in [0.717, 1.165) is 11.3 Å². The molecule has 1 aliphatic rings. The van der Waals surface area contributed by atoms with E-state index in [1.807, 2.05) is 11.8 Å². The number of aromatic nitrogens is 3. The summed E-state index contributed by atoms with van der Waals surface area (Å²) >= 11 is 6.20. The van der Waals surface area contributed by atoms with Crippen LogP contribution in [0.25, 0.3) is 0 Å². The number of halogens is 1. The lowest BCUT2D eigenvalue weighted by molar-refractivity contribution is 0.270. The highest BCUT2D eigenvalue weighted by atomic mass is 35.5. The number of fused-ring (bicyclic) bond motifs is 1. The van der Waals surface area contributed by atoms with Crippen molar-refractivity contribution < 1.29 is 9.84 Å². The molecule has 3 N–H and O–H groups in total. The van der Waals surface area contributed by atoms with Crippen molar-refractivity contribution in [3.63, 3.8) is 0 Å². The Labute approximate surface area is 146 Å². The molecule has 2 radical (unpaired) electrons. The van der Waals surface area contributed by atoms with Gasteiger partial charge in [-0.25, -0.2) is 4.98 Å². The monoisotopic (exact) mass is 345 g/mol. The standard InChI is InChI=1S/C15H17BClN5O2/c1-7-10(19-3-9(16)12(7)24-2)5-22-4-8(6-23)11-13(17)20-15(18)21-14(11)22/h3,8,23H,4-6H2,1-2H3,(H2,18,20,21). The largest absolute Gasteiger partial charge is 0.497 e. The first-order valence-electron chi connectivity index (χ1n) is 7.42. The molecule has 124 valence electrons. The van der Waals surface area contributed by atoms with Crippen LogP contribution in [0.3, 0.4) is 0 Å². The van der Waals surface area contributed by atoms with Gasteiger partial charge in [0, 0.05) is 29.8 Å². The SMILES string of the molecule is [B]c1cnc(CN2CC(CO)c3c(Cl)nc(N)nc32)c(C)c1OC. The Bertz CT molecular complexity index is 789. The van der Waals surface area contributed by atoms with Gasteiger partial charge in [-0.3, -0.25) is 4.98 Å². The van der Waals surface area contributed by atoms with Gasteiger partial charge in [0.2, 0.25) is 5.95 Å². The lowest BCUT2D eigenvalue weighted by Crippen LogP contribution is -2.25. The zero-order valence-corrected chi connectivity index (χ0v) is 14.2. The van der Waals surface area contributed by atoms with Gasteiger partial charge in [0.05, 0.1) is 26.0 Å². The first-order valence-corrected chi connectivity index (χ1v) is 7.80. The molecule has 0 spiro atoms. The Balaban J connectivity index is 1.99. The van der Waals surface area contributed by atoms with Crippen LogP contribution in [0, 0.1) is 6.92 Å². The van der Waals surface area contributed by atoms with Crippen molar-refractivity contribution in [2.75, 3.05) is 30.9 Å². The Morgan fingerprint density at radius 2 is 2.25 bits per heavy atom. The number of ether oxygens (including phenoxy) is 1. The van der Waals surface area contributed by atoms with E-state index in [0.29, 0.717) is 35.7 Å². The summed E-state index contributed by atoms with van der Waals surface area (Å²) in [5, 5.41) is 9.92. The zero-order chi connectivity index (χ0) is 17.4. The molecule has 0 fully saturated rings. The average molecular weight is 346 g/mol. The first-order chi connectivity index (χ1) is 11.5. The van der Waals surface area contributed by atoms with Gasteiger partial charge >= 0.3 is 0 Å². The number of nitrogen functional groups attached to an aromatic ring is 1. The van der Waals surface area contributed by atoms with E-state index in [2.05, 4.69) is 15.0 Å². The molecule has 0 aliphatic carbocycles. The summed E-state index contributed by atoms with van der Waals surface area (Å²) in [4.78, 5) is 14.7. The van der Waals surface area contributed by atoms with Gasteiger partial charge in [-0.05, 0) is 12.4 Å². The molecule has 0 bridgehead atoms. The number of nitrogens with zero attached hydrogens (tertiary/aromatic N) is 4. The third kappa shape index (κ3) is 2.76. The minimum absolute atomic E-state index is 0.0477. The number of aliphatic hydroxyl groups excluding tert-OH is 1. The van der Waals surface area contributed by atoms with E-state index in [4.69, 9.17) is 29.9 Å². The van der Waals surface area contributed by atoms with Crippen LogP contribution in [0.5, 0.6) is 5.75 Å². The number of hydrogen-bond donors (Lipinski definition) is 2. The number of nitrogens with two attached hydrogens (primary N) is 1. The molecule has 0 amide bonds. The molecule has 7 nitrogen and oxygen atoms in total. The van der Waals surface area contributed by atoms with Gasteiger partial charge in [-0.15, -0.1) is 0 Å². The molecule has 0 aromatic carbocycles. The Morgan fingerprint density at radius 1 is 1.50 bits per heavy atom. The summed E-state index contributed by atoms with van der Waals surface area (Å²) in [6, 6.07) is 0. The molecule has 3 heterocycles. The van der Waals surface area contributed by atoms with Crippen molar-refractivity contribution in [3.8, 4) is 5.75 Å². The Hall–Kier alpha value is -2.06. The topological polar surface area (TPSA) is 97.4 Å². The number of rotatable bonds is 4. The van der Waals surface area contributed by atoms with Crippen molar-refractivity contribution in [2.45, 2.75) is 19.4 Å². The number of methoxy groups -OCH3 is 1. The van der Waals surface area contributed by atoms with Gasteiger partial charge in [-0.1, -0.05) is 11.6 Å². The van der Waals surface area contributed by atoms with Crippen LogP contribution in [0.15, 0.2) is 6.20 Å². The maximum Gasteiger partial charge on any atom is 0.223 e. The second-order valence-electron chi connectivity index (χ2n) is 5.69. The quantitative estimate of drug-likeness (QED) is 0.608. The van der Waals surface area contributed by atoms with E-state index in [1.54, 1.807) is 13.3 Å². The molecular weight excluding hydrogens is 328 g/mol. The second-order valence-corrected chi connectivity index (χ2v) is 6.05. The maximum atomic E-state index is 9.64. The molecule has 1 unspecified atom stereocenters. The van der Waals surface area contributed by atoms with Crippen LogP contribution in [-0.4, -0.2) is 48.2 Å². The fourth-order valence-corrected chi connectivity index (χ4v) is 3.36. The highest BCUT2D eigenvalue weighted by Crippen LogP contribution is 2.39. The molecular formula is C15H17BClN5O2. The summed E-state index contributed by atoms with van der Waals surface area (Å²) in [6.45, 7) is 2.88. The summed E-state index contributed by atoms with van der Waals surface area (Å²) in [6.07, 6.45) is 1.57. The fraction of sp³-hybridized carbons (Fsp3) is 0.400. The van der Waals surface area contributed by atoms with E-state index >= 15 is 0 Å². The lowest BCUT2D eigenvalue weighted by Gasteiger charge is -2.21. The van der Waals surface area contributed by atoms with Crippen LogP contribution in [0.2, 0.25) is 5.15 Å². The average Bonchev–Trinajstić information content (AvgIpc) is 2.88. The molecule has 2 aromatic heterocycles. The molecule has 9 heteroatoms. The van der Waals surface area contributed by atoms with Crippen LogP contribution in [0.4, 0.5) is 11.8 Å². The zero-order valence-electron chi connectivity index (χ0n) is 13.5. The van der Waals surface area contributed by atoms with E-state index in [-0.39, 0.29) is 23.6 Å². The predicted molar refractivity (Wildman–Crippen MR) is 93.2 cm³/mol. The second kappa shape index (κ2) is 6.45. The number of pyridine rings is 1. The summed E-state index contributed by atoms with van der Waals surface area (Å²) in [5.41, 5.74) is 8.59. The van der Waals surface area contributed by atoms with Crippen molar-refractivity contribution in [1.29, 1.82) is 0 Å². The van der Waals surface area contributed by atoms with E-state index in [1.165, 1.54) is 0 Å². The third-order valence-electron chi connectivity index (χ3n) is 4.21. The highest BCUT2D eigenvalue weighted by molar-refractivity contribution is 6.34. The fourth-order valence-electron chi connectivity index (χ4n) is 3.03. The van der Waals surface area contributed by atoms with Crippen molar-refractivity contribution in [3.05, 3.63) is 28.2 Å². The summed E-state index contributed by atoms with van der Waals surface area (Å²) < 4.78 is 5.34. The molecule has 24 heavy (non-hydrogen) atoms. The molecule has 3 rings (SSSR count). The van der Waals surface area contributed by atoms with Crippen molar-refractivity contribution in [2.24, 2.45) is 0 Å². The van der Waals surface area contributed by atoms with Crippen LogP contribution >= 0.6 is 11.6 Å². The van der Waals surface area contributed by atoms with Gasteiger partial charge in [-0.2, -0.15) is 4.98 Å². The third-order valence-corrected chi connectivity index (χ3v) is 4.49. The van der Waals surface area contributed by atoms with E-state index in [9.17, 15) is 5.11 Å². The molecule has 0 saturated carbocycles. The van der Waals surface area contributed by atoms with E-state index < -0.39 is 0 Å². The molecule has 1 atom stereocenters. The van der Waals surface area contributed by atoms with Crippen molar-refractivity contribution >= 4 is 36.7 Å². The highest BCUT2D eigenvalue weighted by Gasteiger charge is 2.33. The predicted octanol–water partition coefficient (Wildman–Crippen LogP) is 0.314. The normalized spacial score (nSPS) is 16.3. The molecule has 2 aromatic rings. The van der Waals surface area contributed by atoms with Gasteiger partial charge in [0.15, 0.2) is 0 Å². The maximum absolute atomic E-state index is 9.64. The number of anilines is 2. The summed E-state index contributed by atoms with van der Waals surface area (Å²) in [5.74, 6) is 1.17. The molecule has 1 aliphatic heterocycles. The lowest BCUT2D eigenvalue weighted by atomic mass is 9.94.